The van der Waals surface area contributed by atoms with Crippen molar-refractivity contribution in [1.82, 2.24) is 29.7 Å². The van der Waals surface area contributed by atoms with E-state index >= 15 is 0 Å². The summed E-state index contributed by atoms with van der Waals surface area (Å²) in [5, 5.41) is 7.19. The predicted octanol–water partition coefficient (Wildman–Crippen LogP) is 2.79. The number of halogens is 4. The van der Waals surface area contributed by atoms with Crippen molar-refractivity contribution in [3.63, 3.8) is 0 Å². The van der Waals surface area contributed by atoms with Gasteiger partial charge < -0.3 is 9.80 Å². The van der Waals surface area contributed by atoms with Crippen LogP contribution in [-0.2, 0) is 12.7 Å². The van der Waals surface area contributed by atoms with Crippen molar-refractivity contribution >= 4 is 35.2 Å². The third-order valence-electron chi connectivity index (χ3n) is 6.21. The van der Waals surface area contributed by atoms with E-state index in [0.717, 1.165) is 25.5 Å². The SMILES string of the molecule is CCCn1c(N2CCC3(CN(c4cc(C(F)(F)F)nc(C)n4)C3)C2)nc2[nH]ncc2c1=O.Cl. The first-order valence-electron chi connectivity index (χ1n) is 10.6. The molecule has 13 heteroatoms. The average Bonchev–Trinajstić information content (AvgIpc) is 3.35. The zero-order valence-corrected chi connectivity index (χ0v) is 19.0. The molecule has 178 valence electrons. The van der Waals surface area contributed by atoms with E-state index in [9.17, 15) is 18.0 Å². The van der Waals surface area contributed by atoms with Crippen LogP contribution in [0.2, 0.25) is 0 Å². The molecule has 5 heterocycles. The Morgan fingerprint density at radius 2 is 1.88 bits per heavy atom. The highest BCUT2D eigenvalue weighted by Gasteiger charge is 2.49. The molecule has 3 aromatic heterocycles. The quantitative estimate of drug-likeness (QED) is 0.608. The van der Waals surface area contributed by atoms with Gasteiger partial charge >= 0.3 is 6.18 Å². The molecule has 2 aliphatic rings. The molecule has 0 bridgehead atoms. The van der Waals surface area contributed by atoms with Gasteiger partial charge in [-0.2, -0.15) is 23.3 Å². The third-order valence-corrected chi connectivity index (χ3v) is 6.21. The van der Waals surface area contributed by atoms with Crippen LogP contribution in [0, 0.1) is 12.3 Å². The minimum absolute atomic E-state index is 0. The molecular weight excluding hydrogens is 461 g/mol. The summed E-state index contributed by atoms with van der Waals surface area (Å²) < 4.78 is 41.1. The van der Waals surface area contributed by atoms with Crippen molar-refractivity contribution in [2.75, 3.05) is 36.0 Å². The van der Waals surface area contributed by atoms with Gasteiger partial charge in [0.25, 0.3) is 5.56 Å². The van der Waals surface area contributed by atoms with Gasteiger partial charge in [-0.3, -0.25) is 14.5 Å². The van der Waals surface area contributed by atoms with E-state index in [2.05, 4.69) is 30.0 Å². The Hall–Kier alpha value is -2.89. The molecule has 0 radical (unpaired) electrons. The summed E-state index contributed by atoms with van der Waals surface area (Å²) in [5.74, 6) is 1.01. The highest BCUT2D eigenvalue weighted by Crippen LogP contribution is 2.43. The maximum absolute atomic E-state index is 13.1. The van der Waals surface area contributed by atoms with Gasteiger partial charge in [-0.05, 0) is 19.8 Å². The number of aromatic nitrogens is 6. The number of nitrogens with zero attached hydrogens (tertiary/aromatic N) is 7. The molecule has 2 saturated heterocycles. The van der Waals surface area contributed by atoms with Crippen molar-refractivity contribution in [3.8, 4) is 0 Å². The monoisotopic (exact) mass is 484 g/mol. The molecule has 33 heavy (non-hydrogen) atoms. The highest BCUT2D eigenvalue weighted by molar-refractivity contribution is 5.85. The Bertz CT molecular complexity index is 1230. The van der Waals surface area contributed by atoms with Crippen molar-refractivity contribution in [1.29, 1.82) is 0 Å². The summed E-state index contributed by atoms with van der Waals surface area (Å²) in [4.78, 5) is 29.3. The molecule has 1 N–H and O–H groups in total. The van der Waals surface area contributed by atoms with E-state index in [-0.39, 0.29) is 29.2 Å². The van der Waals surface area contributed by atoms with Gasteiger partial charge in [0, 0.05) is 44.2 Å². The van der Waals surface area contributed by atoms with E-state index in [1.54, 1.807) is 4.57 Å². The number of hydrogen-bond acceptors (Lipinski definition) is 7. The third kappa shape index (κ3) is 4.00. The minimum atomic E-state index is -4.50. The molecule has 5 rings (SSSR count). The number of nitrogens with one attached hydrogen (secondary N) is 1. The summed E-state index contributed by atoms with van der Waals surface area (Å²) in [6, 6.07) is 1.01. The maximum Gasteiger partial charge on any atom is 0.433 e. The molecule has 0 saturated carbocycles. The van der Waals surface area contributed by atoms with Crippen LogP contribution in [0.5, 0.6) is 0 Å². The normalized spacial score (nSPS) is 17.5. The molecule has 1 spiro atoms. The van der Waals surface area contributed by atoms with Crippen LogP contribution < -0.4 is 15.4 Å². The van der Waals surface area contributed by atoms with Crippen molar-refractivity contribution in [3.05, 3.63) is 34.1 Å². The highest BCUT2D eigenvalue weighted by atomic mass is 35.5. The minimum Gasteiger partial charge on any atom is -0.355 e. The van der Waals surface area contributed by atoms with Crippen LogP contribution >= 0.6 is 12.4 Å². The second kappa shape index (κ2) is 8.15. The Morgan fingerprint density at radius 1 is 1.15 bits per heavy atom. The van der Waals surface area contributed by atoms with Crippen LogP contribution in [0.25, 0.3) is 11.0 Å². The molecule has 2 aliphatic heterocycles. The van der Waals surface area contributed by atoms with E-state index in [1.807, 2.05) is 11.8 Å². The smallest absolute Gasteiger partial charge is 0.355 e. The second-order valence-electron chi connectivity index (χ2n) is 8.68. The molecule has 0 atom stereocenters. The number of alkyl halides is 3. The average molecular weight is 485 g/mol. The number of anilines is 2. The lowest BCUT2D eigenvalue weighted by Gasteiger charge is -2.48. The second-order valence-corrected chi connectivity index (χ2v) is 8.68. The lowest BCUT2D eigenvalue weighted by atomic mass is 9.79. The van der Waals surface area contributed by atoms with Crippen molar-refractivity contribution in [2.45, 2.75) is 39.4 Å². The maximum atomic E-state index is 13.1. The molecule has 0 aromatic carbocycles. The van der Waals surface area contributed by atoms with Gasteiger partial charge in [0.05, 0.1) is 6.20 Å². The lowest BCUT2D eigenvalue weighted by Crippen LogP contribution is -2.58. The zero-order chi connectivity index (χ0) is 22.7. The topological polar surface area (TPSA) is 95.8 Å². The number of aromatic amines is 1. The first-order valence-corrected chi connectivity index (χ1v) is 10.6. The summed E-state index contributed by atoms with van der Waals surface area (Å²) in [5.41, 5.74) is -0.651. The first-order chi connectivity index (χ1) is 15.2. The summed E-state index contributed by atoms with van der Waals surface area (Å²) in [6.45, 7) is 6.62. The van der Waals surface area contributed by atoms with E-state index < -0.39 is 11.9 Å². The van der Waals surface area contributed by atoms with Crippen molar-refractivity contribution in [2.24, 2.45) is 5.41 Å². The van der Waals surface area contributed by atoms with Crippen molar-refractivity contribution < 1.29 is 13.2 Å². The molecule has 3 aromatic rings. The number of hydrogen-bond donors (Lipinski definition) is 1. The molecule has 2 fully saturated rings. The van der Waals surface area contributed by atoms with E-state index in [4.69, 9.17) is 0 Å². The fourth-order valence-corrected chi connectivity index (χ4v) is 4.73. The fourth-order valence-electron chi connectivity index (χ4n) is 4.73. The number of rotatable bonds is 4. The van der Waals surface area contributed by atoms with E-state index in [0.29, 0.717) is 49.0 Å². The van der Waals surface area contributed by atoms with E-state index in [1.165, 1.54) is 13.1 Å². The Morgan fingerprint density at radius 3 is 2.58 bits per heavy atom. The summed E-state index contributed by atoms with van der Waals surface area (Å²) in [6.07, 6.45) is -1.36. The number of aryl methyl sites for hydroxylation is 1. The van der Waals surface area contributed by atoms with Gasteiger partial charge in [0.15, 0.2) is 5.65 Å². The lowest BCUT2D eigenvalue weighted by molar-refractivity contribution is -0.141. The Balaban J connectivity index is 0.00000259. The van der Waals surface area contributed by atoms with Crippen LogP contribution in [0.3, 0.4) is 0 Å². The standard InChI is InChI=1S/C20H23F3N8O.ClH/c1-3-5-31-17(32)13-8-24-28-16(13)27-18(31)29-6-4-19(9-29)10-30(11-19)15-7-14(20(21,22)23)25-12(2)26-15;/h7-8H,3-6,9-11H2,1-2H3,(H,24,28);1H. The predicted molar refractivity (Wildman–Crippen MR) is 119 cm³/mol. The molecule has 9 nitrogen and oxygen atoms in total. The van der Waals surface area contributed by atoms with Gasteiger partial charge in [-0.25, -0.2) is 9.97 Å². The fraction of sp³-hybridized carbons (Fsp3) is 0.550. The van der Waals surface area contributed by atoms with Crippen LogP contribution in [0.4, 0.5) is 24.9 Å². The summed E-state index contributed by atoms with van der Waals surface area (Å²) in [7, 11) is 0. The van der Waals surface area contributed by atoms with Gasteiger partial charge in [-0.1, -0.05) is 6.92 Å². The van der Waals surface area contributed by atoms with Crippen LogP contribution in [0.1, 0.15) is 31.3 Å². The Kier molecular flexibility index (Phi) is 5.75. The zero-order valence-electron chi connectivity index (χ0n) is 18.2. The molecule has 0 aliphatic carbocycles. The summed E-state index contributed by atoms with van der Waals surface area (Å²) >= 11 is 0. The number of H-pyrrole nitrogens is 1. The number of fused-ring (bicyclic) bond motifs is 1. The largest absolute Gasteiger partial charge is 0.433 e. The molecule has 0 unspecified atom stereocenters. The van der Waals surface area contributed by atoms with Gasteiger partial charge in [0.2, 0.25) is 5.95 Å². The van der Waals surface area contributed by atoms with Crippen LogP contribution in [0.15, 0.2) is 17.1 Å². The van der Waals surface area contributed by atoms with Gasteiger partial charge in [0.1, 0.15) is 22.7 Å². The van der Waals surface area contributed by atoms with Crippen LogP contribution in [-0.4, -0.2) is 55.9 Å². The molecular formula is C20H24ClF3N8O. The first kappa shape index (κ1) is 23.3. The Labute approximate surface area is 193 Å². The molecule has 0 amide bonds. The van der Waals surface area contributed by atoms with Gasteiger partial charge in [-0.15, -0.1) is 12.4 Å².